The zero-order valence-electron chi connectivity index (χ0n) is 19.5. The lowest BCUT2D eigenvalue weighted by molar-refractivity contribution is -0.757. The molecule has 0 amide bonds. The van der Waals surface area contributed by atoms with Crippen molar-refractivity contribution in [2.24, 2.45) is 0 Å². The second-order valence-electron chi connectivity index (χ2n) is 7.32. The number of nitrogens with zero attached hydrogens (tertiary/aromatic N) is 1. The zero-order chi connectivity index (χ0) is 25.3. The molecule has 0 fully saturated rings. The number of hydrogen-bond donors (Lipinski definition) is 2. The van der Waals surface area contributed by atoms with E-state index in [-0.39, 0.29) is 42.8 Å². The number of Topliss-reactive ketones (excluding diaryl/α,β-unsaturated/α-hetero) is 2. The van der Waals surface area contributed by atoms with Crippen molar-refractivity contribution in [1.82, 2.24) is 0 Å². The van der Waals surface area contributed by atoms with E-state index in [0.29, 0.717) is 46.7 Å². The summed E-state index contributed by atoms with van der Waals surface area (Å²) in [5.41, 5.74) is 1.58. The third kappa shape index (κ3) is 6.99. The first-order chi connectivity index (χ1) is 16.2. The topological polar surface area (TPSA) is 146 Å². The molecule has 0 aliphatic rings. The normalized spacial score (nSPS) is 10.4. The second kappa shape index (κ2) is 12.3. The van der Waals surface area contributed by atoms with Gasteiger partial charge in [-0.05, 0) is 51.0 Å². The van der Waals surface area contributed by atoms with Crippen molar-refractivity contribution in [2.75, 3.05) is 32.8 Å². The predicted molar refractivity (Wildman–Crippen MR) is 123 cm³/mol. The Morgan fingerprint density at radius 1 is 0.971 bits per heavy atom. The SMILES string of the molecule is COc1cc(C(C)=O)cc(CNc2cc(C(C)=O)cc(OC)c2OCCCCO[N+](=O)[O-])c1O. The minimum absolute atomic E-state index is 0.0462. The van der Waals surface area contributed by atoms with Crippen LogP contribution in [-0.2, 0) is 11.4 Å². The zero-order valence-corrected chi connectivity index (χ0v) is 19.5. The fraction of sp³-hybridized carbons (Fsp3) is 0.391. The predicted octanol–water partition coefficient (Wildman–Crippen LogP) is 3.79. The van der Waals surface area contributed by atoms with Crippen molar-refractivity contribution in [3.05, 3.63) is 51.1 Å². The number of carbonyl (C=O) groups is 2. The average Bonchev–Trinajstić information content (AvgIpc) is 2.80. The maximum atomic E-state index is 12.0. The molecule has 0 aromatic heterocycles. The first-order valence-electron chi connectivity index (χ1n) is 10.5. The number of methoxy groups -OCH3 is 2. The largest absolute Gasteiger partial charge is 0.504 e. The van der Waals surface area contributed by atoms with Crippen LogP contribution in [0, 0.1) is 10.1 Å². The van der Waals surface area contributed by atoms with Gasteiger partial charge < -0.3 is 29.5 Å². The highest BCUT2D eigenvalue weighted by Crippen LogP contribution is 2.39. The summed E-state index contributed by atoms with van der Waals surface area (Å²) < 4.78 is 16.4. The number of hydrogen-bond acceptors (Lipinski definition) is 10. The molecule has 0 spiro atoms. The van der Waals surface area contributed by atoms with Crippen LogP contribution in [0.1, 0.15) is 53.0 Å². The van der Waals surface area contributed by atoms with E-state index in [1.165, 1.54) is 34.1 Å². The second-order valence-corrected chi connectivity index (χ2v) is 7.32. The molecule has 184 valence electrons. The highest BCUT2D eigenvalue weighted by Gasteiger charge is 2.18. The smallest absolute Gasteiger partial charge is 0.294 e. The molecule has 0 saturated heterocycles. The minimum atomic E-state index is -0.849. The highest BCUT2D eigenvalue weighted by molar-refractivity contribution is 5.96. The number of rotatable bonds is 14. The van der Waals surface area contributed by atoms with E-state index in [4.69, 9.17) is 14.2 Å². The molecule has 2 aromatic carbocycles. The van der Waals surface area contributed by atoms with Crippen molar-refractivity contribution in [3.8, 4) is 23.0 Å². The molecular formula is C23H28N2O9. The quantitative estimate of drug-likeness (QED) is 0.179. The fourth-order valence-electron chi connectivity index (χ4n) is 3.10. The van der Waals surface area contributed by atoms with Crippen LogP contribution in [0.15, 0.2) is 24.3 Å². The third-order valence-electron chi connectivity index (χ3n) is 4.91. The number of anilines is 1. The van der Waals surface area contributed by atoms with E-state index in [0.717, 1.165) is 0 Å². The van der Waals surface area contributed by atoms with Crippen molar-refractivity contribution in [3.63, 3.8) is 0 Å². The van der Waals surface area contributed by atoms with Crippen molar-refractivity contribution >= 4 is 17.3 Å². The van der Waals surface area contributed by atoms with Gasteiger partial charge in [0.25, 0.3) is 5.09 Å². The Kier molecular flexibility index (Phi) is 9.48. The lowest BCUT2D eigenvalue weighted by atomic mass is 10.1. The van der Waals surface area contributed by atoms with Crippen molar-refractivity contribution in [1.29, 1.82) is 0 Å². The molecule has 0 heterocycles. The summed E-state index contributed by atoms with van der Waals surface area (Å²) in [4.78, 5) is 38.4. The van der Waals surface area contributed by atoms with Gasteiger partial charge in [0.05, 0.1) is 33.1 Å². The van der Waals surface area contributed by atoms with Gasteiger partial charge in [-0.15, -0.1) is 10.1 Å². The molecule has 0 aliphatic heterocycles. The number of aromatic hydroxyl groups is 1. The van der Waals surface area contributed by atoms with Crippen molar-refractivity contribution in [2.45, 2.75) is 33.2 Å². The lowest BCUT2D eigenvalue weighted by Crippen LogP contribution is -2.09. The van der Waals surface area contributed by atoms with E-state index in [2.05, 4.69) is 10.2 Å². The van der Waals surface area contributed by atoms with Gasteiger partial charge in [0, 0.05) is 23.2 Å². The first kappa shape index (κ1) is 26.2. The third-order valence-corrected chi connectivity index (χ3v) is 4.91. The summed E-state index contributed by atoms with van der Waals surface area (Å²) in [5.74, 6) is 0.307. The Morgan fingerprint density at radius 3 is 2.15 bits per heavy atom. The molecule has 0 radical (unpaired) electrons. The Morgan fingerprint density at radius 2 is 1.56 bits per heavy atom. The van der Waals surface area contributed by atoms with Gasteiger partial charge in [0.15, 0.2) is 34.6 Å². The van der Waals surface area contributed by atoms with Gasteiger partial charge in [-0.1, -0.05) is 0 Å². The van der Waals surface area contributed by atoms with Gasteiger partial charge >= 0.3 is 0 Å². The number of carbonyl (C=O) groups excluding carboxylic acids is 2. The number of unbranched alkanes of at least 4 members (excludes halogenated alkanes) is 1. The van der Waals surface area contributed by atoms with Crippen molar-refractivity contribution < 1.29 is 38.8 Å². The number of phenolic OH excluding ortho intramolecular Hbond substituents is 1. The van der Waals surface area contributed by atoms with Crippen LogP contribution >= 0.6 is 0 Å². The summed E-state index contributed by atoms with van der Waals surface area (Å²) in [6, 6.07) is 6.15. The number of ketones is 2. The standard InChI is InChI=1S/C23H28N2O9/c1-14(26)16-9-18(22(28)20(11-16)31-3)13-24-19-10-17(15(2)27)12-21(32-4)23(19)33-7-5-6-8-34-25(29)30/h9-12,24,28H,5-8,13H2,1-4H3. The fourth-order valence-corrected chi connectivity index (χ4v) is 3.10. The number of benzene rings is 2. The molecule has 2 aromatic rings. The Bertz CT molecular complexity index is 1050. The molecule has 0 bridgehead atoms. The van der Waals surface area contributed by atoms with Crippen LogP contribution in [0.4, 0.5) is 5.69 Å². The monoisotopic (exact) mass is 476 g/mol. The van der Waals surface area contributed by atoms with Gasteiger partial charge in [0.2, 0.25) is 0 Å². The summed E-state index contributed by atoms with van der Waals surface area (Å²) in [6.07, 6.45) is 0.882. The van der Waals surface area contributed by atoms with Crippen LogP contribution in [0.3, 0.4) is 0 Å². The maximum Gasteiger partial charge on any atom is 0.294 e. The molecule has 2 N–H and O–H groups in total. The van der Waals surface area contributed by atoms with Gasteiger partial charge in [0.1, 0.15) is 0 Å². The molecule has 11 nitrogen and oxygen atoms in total. The Labute approximate surface area is 196 Å². The summed E-state index contributed by atoms with van der Waals surface area (Å²) in [5, 5.41) is 23.0. The van der Waals surface area contributed by atoms with E-state index in [9.17, 15) is 24.8 Å². The lowest BCUT2D eigenvalue weighted by Gasteiger charge is -2.18. The summed E-state index contributed by atoms with van der Waals surface area (Å²) in [7, 11) is 2.83. The molecule has 0 saturated carbocycles. The molecule has 0 unspecified atom stereocenters. The summed E-state index contributed by atoms with van der Waals surface area (Å²) in [6.45, 7) is 3.08. The van der Waals surface area contributed by atoms with Gasteiger partial charge in [-0.3, -0.25) is 9.59 Å². The number of phenols is 1. The molecule has 0 atom stereocenters. The van der Waals surface area contributed by atoms with Crippen LogP contribution in [0.2, 0.25) is 0 Å². The molecular weight excluding hydrogens is 448 g/mol. The van der Waals surface area contributed by atoms with E-state index < -0.39 is 5.09 Å². The van der Waals surface area contributed by atoms with Crippen LogP contribution in [0.5, 0.6) is 23.0 Å². The van der Waals surface area contributed by atoms with Gasteiger partial charge in [-0.2, -0.15) is 0 Å². The average molecular weight is 476 g/mol. The van der Waals surface area contributed by atoms with Crippen LogP contribution in [0.25, 0.3) is 0 Å². The van der Waals surface area contributed by atoms with Gasteiger partial charge in [-0.25, -0.2) is 0 Å². The highest BCUT2D eigenvalue weighted by atomic mass is 16.9. The maximum absolute atomic E-state index is 12.0. The van der Waals surface area contributed by atoms with Crippen LogP contribution < -0.4 is 19.5 Å². The molecule has 0 aliphatic carbocycles. The molecule has 11 heteroatoms. The van der Waals surface area contributed by atoms with Crippen LogP contribution in [-0.4, -0.2) is 49.2 Å². The number of nitrogens with one attached hydrogen (secondary N) is 1. The first-order valence-corrected chi connectivity index (χ1v) is 10.5. The van der Waals surface area contributed by atoms with E-state index in [1.807, 2.05) is 0 Å². The Hall–Kier alpha value is -4.02. The Balaban J connectivity index is 2.29. The minimum Gasteiger partial charge on any atom is -0.504 e. The molecule has 34 heavy (non-hydrogen) atoms. The molecule has 2 rings (SSSR count). The van der Waals surface area contributed by atoms with E-state index in [1.54, 1.807) is 18.2 Å². The summed E-state index contributed by atoms with van der Waals surface area (Å²) >= 11 is 0. The number of ether oxygens (including phenoxy) is 3. The van der Waals surface area contributed by atoms with E-state index >= 15 is 0 Å².